The SMILES string of the molecule is Cc1ccc(-[n+]2c3c(c(-c4ccccc4)c4c2-c2ccccc2CC4)CCc2ccccc2-3)cc1. The first kappa shape index (κ1) is 20.4. The average molecular weight is 451 g/mol. The molecule has 0 amide bonds. The number of hydrogen-bond acceptors (Lipinski definition) is 0. The summed E-state index contributed by atoms with van der Waals surface area (Å²) < 4.78 is 2.59. The normalized spacial score (nSPS) is 13.4. The lowest BCUT2D eigenvalue weighted by Gasteiger charge is -2.28. The van der Waals surface area contributed by atoms with E-state index in [1.807, 2.05) is 0 Å². The summed E-state index contributed by atoms with van der Waals surface area (Å²) in [5, 5.41) is 0. The summed E-state index contributed by atoms with van der Waals surface area (Å²) in [5.41, 5.74) is 16.7. The van der Waals surface area contributed by atoms with Gasteiger partial charge >= 0.3 is 0 Å². The molecule has 0 unspecified atom stereocenters. The van der Waals surface area contributed by atoms with E-state index in [4.69, 9.17) is 0 Å². The molecule has 4 aromatic carbocycles. The molecular formula is C34H28N+. The van der Waals surface area contributed by atoms with E-state index in [-0.39, 0.29) is 0 Å². The Balaban J connectivity index is 1.69. The lowest BCUT2D eigenvalue weighted by Crippen LogP contribution is -2.41. The van der Waals surface area contributed by atoms with Gasteiger partial charge in [0.1, 0.15) is 0 Å². The first-order valence-corrected chi connectivity index (χ1v) is 12.7. The van der Waals surface area contributed by atoms with Crippen molar-refractivity contribution >= 4 is 0 Å². The topological polar surface area (TPSA) is 3.88 Å². The van der Waals surface area contributed by atoms with Gasteiger partial charge in [0, 0.05) is 28.8 Å². The maximum Gasteiger partial charge on any atom is 0.223 e. The number of hydrogen-bond donors (Lipinski definition) is 0. The Morgan fingerprint density at radius 3 is 1.60 bits per heavy atom. The Morgan fingerprint density at radius 2 is 1.03 bits per heavy atom. The molecule has 1 aromatic heterocycles. The molecule has 0 aliphatic heterocycles. The van der Waals surface area contributed by atoms with Gasteiger partial charge in [-0.1, -0.05) is 84.4 Å². The Kier molecular flexibility index (Phi) is 4.70. The molecular weight excluding hydrogens is 422 g/mol. The van der Waals surface area contributed by atoms with Crippen LogP contribution in [0.15, 0.2) is 103 Å². The second-order valence-electron chi connectivity index (χ2n) is 9.88. The standard InChI is InChI=1S/C34H28N/c1-23-15-19-27(20-16-23)35-33-28-13-7-5-9-24(28)17-21-30(33)32(26-11-3-2-4-12-26)31-22-18-25-10-6-8-14-29(25)34(31)35/h2-16,19-20H,17-18,21-22H2,1H3/q+1. The van der Waals surface area contributed by atoms with E-state index < -0.39 is 0 Å². The minimum absolute atomic E-state index is 1.07. The van der Waals surface area contributed by atoms with Gasteiger partial charge in [0.25, 0.3) is 0 Å². The molecule has 5 aromatic rings. The molecule has 168 valence electrons. The third kappa shape index (κ3) is 3.19. The van der Waals surface area contributed by atoms with Crippen LogP contribution < -0.4 is 4.57 Å². The zero-order valence-corrected chi connectivity index (χ0v) is 20.1. The molecule has 0 saturated carbocycles. The second-order valence-corrected chi connectivity index (χ2v) is 9.88. The van der Waals surface area contributed by atoms with Crippen LogP contribution in [-0.2, 0) is 25.7 Å². The fourth-order valence-corrected chi connectivity index (χ4v) is 6.22. The number of rotatable bonds is 2. The van der Waals surface area contributed by atoms with Gasteiger partial charge in [-0.05, 0) is 61.4 Å². The molecule has 35 heavy (non-hydrogen) atoms. The monoisotopic (exact) mass is 450 g/mol. The molecule has 0 spiro atoms. The van der Waals surface area contributed by atoms with E-state index in [2.05, 4.69) is 115 Å². The number of benzene rings is 4. The summed E-state index contributed by atoms with van der Waals surface area (Å²) in [5.74, 6) is 0. The van der Waals surface area contributed by atoms with Crippen LogP contribution in [0, 0.1) is 6.92 Å². The molecule has 0 atom stereocenters. The lowest BCUT2D eigenvalue weighted by molar-refractivity contribution is -0.573. The largest absolute Gasteiger partial charge is 0.223 e. The molecule has 0 N–H and O–H groups in total. The highest BCUT2D eigenvalue weighted by Gasteiger charge is 2.38. The second kappa shape index (κ2) is 8.06. The zero-order valence-electron chi connectivity index (χ0n) is 20.1. The van der Waals surface area contributed by atoms with Gasteiger partial charge in [0.15, 0.2) is 0 Å². The number of aromatic nitrogens is 1. The molecule has 7 rings (SSSR count). The Labute approximate surface area is 207 Å². The van der Waals surface area contributed by atoms with Crippen LogP contribution in [0.2, 0.25) is 0 Å². The molecule has 2 aliphatic rings. The summed E-state index contributed by atoms with van der Waals surface area (Å²) >= 11 is 0. The van der Waals surface area contributed by atoms with Crippen molar-refractivity contribution in [2.75, 3.05) is 0 Å². The van der Waals surface area contributed by atoms with Crippen LogP contribution in [0.1, 0.15) is 27.8 Å². The molecule has 2 aliphatic carbocycles. The van der Waals surface area contributed by atoms with Gasteiger partial charge < -0.3 is 0 Å². The average Bonchev–Trinajstić information content (AvgIpc) is 2.92. The fraction of sp³-hybridized carbons (Fsp3) is 0.147. The van der Waals surface area contributed by atoms with E-state index in [9.17, 15) is 0 Å². The van der Waals surface area contributed by atoms with Crippen molar-refractivity contribution in [1.29, 1.82) is 0 Å². The number of pyridine rings is 1. The number of aryl methyl sites for hydroxylation is 3. The highest BCUT2D eigenvalue weighted by molar-refractivity contribution is 5.85. The molecule has 1 nitrogen and oxygen atoms in total. The molecule has 1 heteroatoms. The van der Waals surface area contributed by atoms with Gasteiger partial charge in [-0.2, -0.15) is 4.57 Å². The van der Waals surface area contributed by atoms with Gasteiger partial charge in [0.05, 0.1) is 11.1 Å². The van der Waals surface area contributed by atoms with Crippen molar-refractivity contribution < 1.29 is 4.57 Å². The van der Waals surface area contributed by atoms with Crippen LogP contribution in [-0.4, -0.2) is 0 Å². The third-order valence-electron chi connectivity index (χ3n) is 7.81. The van der Waals surface area contributed by atoms with Crippen LogP contribution in [0.4, 0.5) is 0 Å². The van der Waals surface area contributed by atoms with Gasteiger partial charge in [-0.25, -0.2) is 0 Å². The number of fused-ring (bicyclic) bond motifs is 6. The summed E-state index contributed by atoms with van der Waals surface area (Å²) in [7, 11) is 0. The van der Waals surface area contributed by atoms with E-state index >= 15 is 0 Å². The van der Waals surface area contributed by atoms with E-state index in [1.165, 1.54) is 67.1 Å². The van der Waals surface area contributed by atoms with Gasteiger partial charge in [-0.3, -0.25) is 0 Å². The van der Waals surface area contributed by atoms with Gasteiger partial charge in [-0.15, -0.1) is 0 Å². The quantitative estimate of drug-likeness (QED) is 0.246. The third-order valence-corrected chi connectivity index (χ3v) is 7.81. The van der Waals surface area contributed by atoms with Crippen LogP contribution in [0.25, 0.3) is 39.3 Å². The first-order chi connectivity index (χ1) is 17.3. The number of nitrogens with zero attached hydrogens (tertiary/aromatic N) is 1. The molecule has 0 radical (unpaired) electrons. The molecule has 0 fully saturated rings. The van der Waals surface area contributed by atoms with Crippen LogP contribution in [0.5, 0.6) is 0 Å². The maximum atomic E-state index is 2.59. The summed E-state index contributed by atoms with van der Waals surface area (Å²) in [6.45, 7) is 2.17. The Morgan fingerprint density at radius 1 is 0.514 bits per heavy atom. The lowest BCUT2D eigenvalue weighted by atomic mass is 9.77. The summed E-state index contributed by atoms with van der Waals surface area (Å²) in [6, 6.07) is 38.2. The maximum absolute atomic E-state index is 2.59. The smallest absolute Gasteiger partial charge is 0.152 e. The van der Waals surface area contributed by atoms with Crippen molar-refractivity contribution in [3.8, 4) is 39.3 Å². The van der Waals surface area contributed by atoms with Crippen molar-refractivity contribution in [2.24, 2.45) is 0 Å². The fourth-order valence-electron chi connectivity index (χ4n) is 6.22. The Bertz CT molecular complexity index is 1500. The molecule has 1 heterocycles. The molecule has 0 saturated heterocycles. The highest BCUT2D eigenvalue weighted by atomic mass is 15.0. The van der Waals surface area contributed by atoms with Crippen molar-refractivity contribution in [1.82, 2.24) is 0 Å². The minimum Gasteiger partial charge on any atom is -0.152 e. The predicted molar refractivity (Wildman–Crippen MR) is 144 cm³/mol. The molecule has 0 bridgehead atoms. The van der Waals surface area contributed by atoms with Crippen LogP contribution >= 0.6 is 0 Å². The summed E-state index contributed by atoms with van der Waals surface area (Å²) in [6.07, 6.45) is 4.31. The Hall–Kier alpha value is -3.97. The summed E-state index contributed by atoms with van der Waals surface area (Å²) in [4.78, 5) is 0. The van der Waals surface area contributed by atoms with Crippen LogP contribution in [0.3, 0.4) is 0 Å². The van der Waals surface area contributed by atoms with E-state index in [0.717, 1.165) is 25.7 Å². The zero-order chi connectivity index (χ0) is 23.4. The van der Waals surface area contributed by atoms with Crippen molar-refractivity contribution in [2.45, 2.75) is 32.6 Å². The van der Waals surface area contributed by atoms with E-state index in [1.54, 1.807) is 0 Å². The predicted octanol–water partition coefficient (Wildman–Crippen LogP) is 7.47. The minimum atomic E-state index is 1.07. The highest BCUT2D eigenvalue weighted by Crippen LogP contribution is 2.45. The van der Waals surface area contributed by atoms with Gasteiger partial charge in [0.2, 0.25) is 17.1 Å². The van der Waals surface area contributed by atoms with Crippen molar-refractivity contribution in [3.05, 3.63) is 131 Å². The van der Waals surface area contributed by atoms with E-state index in [0.29, 0.717) is 0 Å². The van der Waals surface area contributed by atoms with Crippen molar-refractivity contribution in [3.63, 3.8) is 0 Å². The first-order valence-electron chi connectivity index (χ1n) is 12.7.